The van der Waals surface area contributed by atoms with E-state index >= 15 is 0 Å². The number of halogens is 1. The summed E-state index contributed by atoms with van der Waals surface area (Å²) >= 11 is 0. The summed E-state index contributed by atoms with van der Waals surface area (Å²) in [7, 11) is 2.25. The minimum absolute atomic E-state index is 0. The fraction of sp³-hybridized carbons (Fsp3) is 0.950. The highest BCUT2D eigenvalue weighted by molar-refractivity contribution is 14.0. The summed E-state index contributed by atoms with van der Waals surface area (Å²) in [5.41, 5.74) is 0.260. The Bertz CT molecular complexity index is 412. The Morgan fingerprint density at radius 2 is 1.65 bits per heavy atom. The van der Waals surface area contributed by atoms with Crippen LogP contribution in [0.4, 0.5) is 0 Å². The minimum Gasteiger partial charge on any atom is -0.357 e. The molecule has 1 unspecified atom stereocenters. The lowest BCUT2D eigenvalue weighted by Gasteiger charge is -2.49. The molecule has 0 spiro atoms. The molecular formula is C20H42IN5. The lowest BCUT2D eigenvalue weighted by atomic mass is 9.84. The van der Waals surface area contributed by atoms with Gasteiger partial charge in [-0.2, -0.15) is 0 Å². The van der Waals surface area contributed by atoms with Crippen molar-refractivity contribution in [2.45, 2.75) is 71.4 Å². The van der Waals surface area contributed by atoms with Gasteiger partial charge in [0.2, 0.25) is 0 Å². The van der Waals surface area contributed by atoms with Crippen molar-refractivity contribution in [3.05, 3.63) is 0 Å². The zero-order valence-electron chi connectivity index (χ0n) is 17.7. The van der Waals surface area contributed by atoms with E-state index in [1.165, 1.54) is 58.3 Å². The second-order valence-corrected chi connectivity index (χ2v) is 8.45. The Labute approximate surface area is 178 Å². The van der Waals surface area contributed by atoms with Crippen molar-refractivity contribution in [3.8, 4) is 0 Å². The summed E-state index contributed by atoms with van der Waals surface area (Å²) in [6.07, 6.45) is 6.58. The third kappa shape index (κ3) is 6.82. The summed E-state index contributed by atoms with van der Waals surface area (Å²) in [5.74, 6) is 1.59. The van der Waals surface area contributed by atoms with Crippen LogP contribution in [-0.4, -0.2) is 73.7 Å². The van der Waals surface area contributed by atoms with Crippen molar-refractivity contribution in [2.75, 3.05) is 46.3 Å². The predicted octanol–water partition coefficient (Wildman–Crippen LogP) is 3.15. The van der Waals surface area contributed by atoms with Gasteiger partial charge in [0, 0.05) is 18.1 Å². The van der Waals surface area contributed by atoms with Gasteiger partial charge in [-0.3, -0.25) is 9.89 Å². The molecule has 0 aromatic rings. The number of nitrogens with zero attached hydrogens (tertiary/aromatic N) is 3. The quantitative estimate of drug-likeness (QED) is 0.349. The molecule has 2 rings (SSSR count). The average molecular weight is 479 g/mol. The van der Waals surface area contributed by atoms with Crippen molar-refractivity contribution in [2.24, 2.45) is 10.9 Å². The van der Waals surface area contributed by atoms with Crippen LogP contribution in [0.5, 0.6) is 0 Å². The summed E-state index contributed by atoms with van der Waals surface area (Å²) in [6.45, 7) is 15.6. The Balaban J connectivity index is 0.00000338. The third-order valence-electron chi connectivity index (χ3n) is 6.18. The second-order valence-electron chi connectivity index (χ2n) is 8.45. The molecule has 2 N–H and O–H groups in total. The predicted molar refractivity (Wildman–Crippen MR) is 124 cm³/mol. The molecule has 2 saturated heterocycles. The van der Waals surface area contributed by atoms with E-state index in [0.717, 1.165) is 19.0 Å². The van der Waals surface area contributed by atoms with Crippen molar-refractivity contribution in [3.63, 3.8) is 0 Å². The first-order chi connectivity index (χ1) is 12.0. The molecule has 0 bridgehead atoms. The van der Waals surface area contributed by atoms with Crippen LogP contribution in [0.15, 0.2) is 4.99 Å². The molecule has 2 aliphatic heterocycles. The van der Waals surface area contributed by atoms with Gasteiger partial charge in [-0.25, -0.2) is 0 Å². The van der Waals surface area contributed by atoms with Crippen LogP contribution in [0.25, 0.3) is 0 Å². The largest absolute Gasteiger partial charge is 0.357 e. The molecule has 154 valence electrons. The number of hydrogen-bond acceptors (Lipinski definition) is 3. The number of piperidine rings is 2. The normalized spacial score (nSPS) is 23.4. The highest BCUT2D eigenvalue weighted by Gasteiger charge is 2.39. The minimum atomic E-state index is 0. The lowest BCUT2D eigenvalue weighted by Crippen LogP contribution is -2.58. The van der Waals surface area contributed by atoms with E-state index in [4.69, 9.17) is 4.99 Å². The summed E-state index contributed by atoms with van der Waals surface area (Å²) < 4.78 is 0. The summed E-state index contributed by atoms with van der Waals surface area (Å²) in [6, 6.07) is 0.432. The first-order valence-corrected chi connectivity index (χ1v) is 10.5. The lowest BCUT2D eigenvalue weighted by molar-refractivity contribution is 0.0208. The van der Waals surface area contributed by atoms with Crippen LogP contribution in [0.2, 0.25) is 0 Å². The van der Waals surface area contributed by atoms with E-state index < -0.39 is 0 Å². The van der Waals surface area contributed by atoms with E-state index in [1.807, 2.05) is 0 Å². The molecule has 0 aromatic heterocycles. The van der Waals surface area contributed by atoms with Gasteiger partial charge in [0.15, 0.2) is 5.96 Å². The maximum absolute atomic E-state index is 5.07. The van der Waals surface area contributed by atoms with E-state index in [1.54, 1.807) is 0 Å². The molecule has 5 nitrogen and oxygen atoms in total. The number of rotatable bonds is 6. The fourth-order valence-corrected chi connectivity index (χ4v) is 3.91. The molecule has 2 aliphatic rings. The first-order valence-electron chi connectivity index (χ1n) is 10.5. The van der Waals surface area contributed by atoms with Gasteiger partial charge >= 0.3 is 0 Å². The Morgan fingerprint density at radius 1 is 1.04 bits per heavy atom. The number of aliphatic imine (C=N–C) groups is 1. The number of nitrogens with one attached hydrogen (secondary N) is 2. The van der Waals surface area contributed by atoms with Crippen LogP contribution >= 0.6 is 24.0 Å². The third-order valence-corrected chi connectivity index (χ3v) is 6.18. The molecule has 6 heteroatoms. The van der Waals surface area contributed by atoms with Gasteiger partial charge in [-0.15, -0.1) is 24.0 Å². The molecule has 0 aliphatic carbocycles. The first kappa shape index (κ1) is 24.0. The van der Waals surface area contributed by atoms with Gasteiger partial charge < -0.3 is 15.5 Å². The van der Waals surface area contributed by atoms with E-state index in [-0.39, 0.29) is 29.5 Å². The van der Waals surface area contributed by atoms with Crippen LogP contribution in [0.1, 0.15) is 59.8 Å². The summed E-state index contributed by atoms with van der Waals surface area (Å²) in [5, 5.41) is 7.04. The smallest absolute Gasteiger partial charge is 0.191 e. The van der Waals surface area contributed by atoms with Crippen LogP contribution in [0.3, 0.4) is 0 Å². The topological polar surface area (TPSA) is 42.9 Å². The maximum atomic E-state index is 5.07. The van der Waals surface area contributed by atoms with Gasteiger partial charge in [0.05, 0.1) is 6.54 Å². The SMILES string of the molecule is CCNC(=NCC1(N2CCCCC2)CCN(C)CC1)NC(C)C(C)C.I. The fourth-order valence-electron chi connectivity index (χ4n) is 3.91. The molecule has 2 fully saturated rings. The van der Waals surface area contributed by atoms with Crippen LogP contribution in [0, 0.1) is 5.92 Å². The van der Waals surface area contributed by atoms with Crippen LogP contribution in [-0.2, 0) is 0 Å². The summed E-state index contributed by atoms with van der Waals surface area (Å²) in [4.78, 5) is 10.3. The molecule has 26 heavy (non-hydrogen) atoms. The second kappa shape index (κ2) is 11.7. The average Bonchev–Trinajstić information content (AvgIpc) is 2.62. The monoisotopic (exact) mass is 479 g/mol. The van der Waals surface area contributed by atoms with Crippen molar-refractivity contribution < 1.29 is 0 Å². The number of guanidine groups is 1. The van der Waals surface area contributed by atoms with E-state index in [9.17, 15) is 0 Å². The number of likely N-dealkylation sites (tertiary alicyclic amines) is 2. The molecule has 0 radical (unpaired) electrons. The van der Waals surface area contributed by atoms with Crippen LogP contribution < -0.4 is 10.6 Å². The molecule has 2 heterocycles. The molecule has 0 saturated carbocycles. The zero-order chi connectivity index (χ0) is 18.3. The Morgan fingerprint density at radius 3 is 2.19 bits per heavy atom. The Hall–Kier alpha value is -0.0800. The molecule has 0 aromatic carbocycles. The highest BCUT2D eigenvalue weighted by Crippen LogP contribution is 2.31. The zero-order valence-corrected chi connectivity index (χ0v) is 20.0. The van der Waals surface area contributed by atoms with Gasteiger partial charge in [0.1, 0.15) is 0 Å². The van der Waals surface area contributed by atoms with Gasteiger partial charge in [-0.1, -0.05) is 20.3 Å². The van der Waals surface area contributed by atoms with E-state index in [2.05, 4.69) is 55.2 Å². The van der Waals surface area contributed by atoms with Crippen molar-refractivity contribution in [1.82, 2.24) is 20.4 Å². The van der Waals surface area contributed by atoms with Gasteiger partial charge in [0.25, 0.3) is 0 Å². The van der Waals surface area contributed by atoms with E-state index in [0.29, 0.717) is 12.0 Å². The maximum Gasteiger partial charge on any atom is 0.191 e. The standard InChI is InChI=1S/C20H41N5.HI/c1-6-21-19(23-18(4)17(2)3)22-16-20(10-14-24(5)15-11-20)25-12-8-7-9-13-25;/h17-18H,6-16H2,1-5H3,(H2,21,22,23);1H. The van der Waals surface area contributed by atoms with Crippen molar-refractivity contribution >= 4 is 29.9 Å². The highest BCUT2D eigenvalue weighted by atomic mass is 127. The molecule has 0 amide bonds. The Kier molecular flexibility index (Phi) is 10.8. The molecule has 1 atom stereocenters. The van der Waals surface area contributed by atoms with Gasteiger partial charge in [-0.05, 0) is 78.7 Å². The number of hydrogen-bond donors (Lipinski definition) is 2. The molecular weight excluding hydrogens is 437 g/mol. The van der Waals surface area contributed by atoms with Crippen molar-refractivity contribution in [1.29, 1.82) is 0 Å².